The van der Waals surface area contributed by atoms with Crippen molar-refractivity contribution in [2.45, 2.75) is 26.6 Å². The number of carbonyl (C=O) groups is 1. The Morgan fingerprint density at radius 1 is 1.20 bits per heavy atom. The molecule has 0 aliphatic rings. The number of nitriles is 1. The zero-order chi connectivity index (χ0) is 18.1. The number of hydrogen-bond donors (Lipinski definition) is 1. The molecule has 25 heavy (non-hydrogen) atoms. The van der Waals surface area contributed by atoms with Crippen LogP contribution in [0.1, 0.15) is 29.2 Å². The highest BCUT2D eigenvalue weighted by Crippen LogP contribution is 2.11. The number of amides is 2. The summed E-state index contributed by atoms with van der Waals surface area (Å²) < 4.78 is 5.47. The summed E-state index contributed by atoms with van der Waals surface area (Å²) in [6.07, 6.45) is 0. The van der Waals surface area contributed by atoms with Crippen LogP contribution in [0, 0.1) is 11.3 Å². The fourth-order valence-electron chi connectivity index (χ4n) is 2.47. The van der Waals surface area contributed by atoms with Gasteiger partial charge in [0.05, 0.1) is 18.2 Å². The largest absolute Gasteiger partial charge is 0.377 e. The Bertz CT molecular complexity index is 753. The van der Waals surface area contributed by atoms with Gasteiger partial charge in [-0.2, -0.15) is 5.26 Å². The van der Waals surface area contributed by atoms with Crippen LogP contribution in [0.15, 0.2) is 48.5 Å². The molecule has 0 radical (unpaired) electrons. The lowest BCUT2D eigenvalue weighted by molar-refractivity contribution is 0.133. The molecule has 5 heteroatoms. The fraction of sp³-hybridized carbons (Fsp3) is 0.300. The van der Waals surface area contributed by atoms with Crippen LogP contribution in [0.25, 0.3) is 0 Å². The molecule has 0 bridgehead atoms. The van der Waals surface area contributed by atoms with E-state index in [1.165, 1.54) is 0 Å². The van der Waals surface area contributed by atoms with E-state index in [-0.39, 0.29) is 6.03 Å². The quantitative estimate of drug-likeness (QED) is 0.842. The second kappa shape index (κ2) is 9.45. The maximum atomic E-state index is 12.3. The minimum absolute atomic E-state index is 0.159. The van der Waals surface area contributed by atoms with Gasteiger partial charge < -0.3 is 15.0 Å². The number of nitrogens with one attached hydrogen (secondary N) is 1. The van der Waals surface area contributed by atoms with E-state index in [1.807, 2.05) is 43.3 Å². The lowest BCUT2D eigenvalue weighted by atomic mass is 10.1. The Labute approximate surface area is 148 Å². The van der Waals surface area contributed by atoms with E-state index in [4.69, 9.17) is 10.00 Å². The van der Waals surface area contributed by atoms with E-state index in [2.05, 4.69) is 11.4 Å². The molecule has 1 N–H and O–H groups in total. The standard InChI is InChI=1S/C20H23N3O2/c1-3-25-15-19-10-5-4-9-18(19)13-22-20(24)23(2)14-17-8-6-7-16(11-17)12-21/h4-11H,3,13-15H2,1-2H3,(H,22,24). The lowest BCUT2D eigenvalue weighted by Crippen LogP contribution is -2.36. The number of urea groups is 1. The van der Waals surface area contributed by atoms with Gasteiger partial charge in [0.25, 0.3) is 0 Å². The van der Waals surface area contributed by atoms with Crippen LogP contribution in [-0.4, -0.2) is 24.6 Å². The first-order chi connectivity index (χ1) is 12.1. The normalized spacial score (nSPS) is 10.1. The first-order valence-electron chi connectivity index (χ1n) is 8.26. The zero-order valence-corrected chi connectivity index (χ0v) is 14.7. The van der Waals surface area contributed by atoms with Crippen LogP contribution >= 0.6 is 0 Å². The van der Waals surface area contributed by atoms with Gasteiger partial charge in [0.15, 0.2) is 0 Å². The van der Waals surface area contributed by atoms with Crippen molar-refractivity contribution in [1.29, 1.82) is 5.26 Å². The minimum Gasteiger partial charge on any atom is -0.377 e. The summed E-state index contributed by atoms with van der Waals surface area (Å²) in [6, 6.07) is 17.1. The lowest BCUT2D eigenvalue weighted by Gasteiger charge is -2.19. The molecule has 130 valence electrons. The second-order valence-electron chi connectivity index (χ2n) is 5.73. The smallest absolute Gasteiger partial charge is 0.317 e. The highest BCUT2D eigenvalue weighted by molar-refractivity contribution is 5.73. The molecule has 0 saturated heterocycles. The average Bonchev–Trinajstić information content (AvgIpc) is 2.65. The predicted octanol–water partition coefficient (Wildman–Crippen LogP) is 3.44. The van der Waals surface area contributed by atoms with Gasteiger partial charge in [0.2, 0.25) is 0 Å². The molecule has 0 atom stereocenters. The maximum absolute atomic E-state index is 12.3. The Kier molecular flexibility index (Phi) is 7.00. The van der Waals surface area contributed by atoms with Crippen molar-refractivity contribution in [1.82, 2.24) is 10.2 Å². The fourth-order valence-corrected chi connectivity index (χ4v) is 2.47. The molecule has 2 rings (SSSR count). The van der Waals surface area contributed by atoms with Gasteiger partial charge in [-0.3, -0.25) is 0 Å². The van der Waals surface area contributed by atoms with Crippen LogP contribution < -0.4 is 5.32 Å². The summed E-state index contributed by atoms with van der Waals surface area (Å²) in [4.78, 5) is 13.9. The summed E-state index contributed by atoms with van der Waals surface area (Å²) in [5.74, 6) is 0. The van der Waals surface area contributed by atoms with Gasteiger partial charge >= 0.3 is 6.03 Å². The second-order valence-corrected chi connectivity index (χ2v) is 5.73. The summed E-state index contributed by atoms with van der Waals surface area (Å²) in [7, 11) is 1.74. The number of rotatable bonds is 7. The number of hydrogen-bond acceptors (Lipinski definition) is 3. The maximum Gasteiger partial charge on any atom is 0.317 e. The molecular formula is C20H23N3O2. The van der Waals surface area contributed by atoms with Gasteiger partial charge in [0, 0.05) is 26.7 Å². The van der Waals surface area contributed by atoms with E-state index in [9.17, 15) is 4.79 Å². The van der Waals surface area contributed by atoms with Gasteiger partial charge in [-0.1, -0.05) is 36.4 Å². The molecule has 0 aliphatic carbocycles. The molecule has 5 nitrogen and oxygen atoms in total. The summed E-state index contributed by atoms with van der Waals surface area (Å²) in [6.45, 7) is 4.05. The molecule has 2 aromatic carbocycles. The third kappa shape index (κ3) is 5.63. The van der Waals surface area contributed by atoms with Crippen molar-refractivity contribution in [3.63, 3.8) is 0 Å². The van der Waals surface area contributed by atoms with Crippen molar-refractivity contribution < 1.29 is 9.53 Å². The monoisotopic (exact) mass is 337 g/mol. The Morgan fingerprint density at radius 2 is 1.96 bits per heavy atom. The van der Waals surface area contributed by atoms with Gasteiger partial charge in [-0.15, -0.1) is 0 Å². The Balaban J connectivity index is 1.92. The van der Waals surface area contributed by atoms with Crippen LogP contribution in [0.3, 0.4) is 0 Å². The van der Waals surface area contributed by atoms with E-state index < -0.39 is 0 Å². The number of benzene rings is 2. The Morgan fingerprint density at radius 3 is 2.68 bits per heavy atom. The molecule has 0 unspecified atom stereocenters. The van der Waals surface area contributed by atoms with E-state index in [0.717, 1.165) is 16.7 Å². The Hall–Kier alpha value is -2.84. The van der Waals surface area contributed by atoms with Crippen molar-refractivity contribution in [3.05, 3.63) is 70.8 Å². The van der Waals surface area contributed by atoms with E-state index >= 15 is 0 Å². The summed E-state index contributed by atoms with van der Waals surface area (Å²) in [5.41, 5.74) is 3.64. The number of carbonyl (C=O) groups excluding carboxylic acids is 1. The van der Waals surface area contributed by atoms with Crippen LogP contribution in [0.4, 0.5) is 4.79 Å². The molecule has 0 aliphatic heterocycles. The first-order valence-corrected chi connectivity index (χ1v) is 8.26. The molecule has 0 spiro atoms. The van der Waals surface area contributed by atoms with Crippen LogP contribution in [-0.2, 0) is 24.4 Å². The molecule has 0 aromatic heterocycles. The van der Waals surface area contributed by atoms with Crippen LogP contribution in [0.2, 0.25) is 0 Å². The average molecular weight is 337 g/mol. The topological polar surface area (TPSA) is 65.4 Å². The predicted molar refractivity (Wildman–Crippen MR) is 96.6 cm³/mol. The minimum atomic E-state index is -0.159. The van der Waals surface area contributed by atoms with Crippen molar-refractivity contribution in [3.8, 4) is 6.07 Å². The molecule has 2 amide bonds. The molecule has 0 heterocycles. The highest BCUT2D eigenvalue weighted by atomic mass is 16.5. The van der Waals surface area contributed by atoms with E-state index in [0.29, 0.717) is 31.9 Å². The van der Waals surface area contributed by atoms with E-state index in [1.54, 1.807) is 24.1 Å². The first kappa shape index (κ1) is 18.5. The van der Waals surface area contributed by atoms with Crippen LogP contribution in [0.5, 0.6) is 0 Å². The molecule has 2 aromatic rings. The van der Waals surface area contributed by atoms with Gasteiger partial charge in [0.1, 0.15) is 0 Å². The number of ether oxygens (including phenoxy) is 1. The molecule has 0 fully saturated rings. The highest BCUT2D eigenvalue weighted by Gasteiger charge is 2.10. The van der Waals surface area contributed by atoms with Crippen molar-refractivity contribution in [2.75, 3.05) is 13.7 Å². The summed E-state index contributed by atoms with van der Waals surface area (Å²) in [5, 5.41) is 11.9. The summed E-state index contributed by atoms with van der Waals surface area (Å²) >= 11 is 0. The molecular weight excluding hydrogens is 314 g/mol. The third-order valence-electron chi connectivity index (χ3n) is 3.83. The van der Waals surface area contributed by atoms with Gasteiger partial charge in [-0.25, -0.2) is 4.79 Å². The van der Waals surface area contributed by atoms with Crippen molar-refractivity contribution in [2.24, 2.45) is 0 Å². The van der Waals surface area contributed by atoms with Gasteiger partial charge in [-0.05, 0) is 35.7 Å². The molecule has 0 saturated carbocycles. The SMILES string of the molecule is CCOCc1ccccc1CNC(=O)N(C)Cc1cccc(C#N)c1. The zero-order valence-electron chi connectivity index (χ0n) is 14.7. The number of nitrogens with zero attached hydrogens (tertiary/aromatic N) is 2. The van der Waals surface area contributed by atoms with Crippen molar-refractivity contribution >= 4 is 6.03 Å². The third-order valence-corrected chi connectivity index (χ3v) is 3.83.